The van der Waals surface area contributed by atoms with E-state index >= 15 is 0 Å². The molecule has 6 heteroatoms. The monoisotopic (exact) mass is 418 g/mol. The maximum atomic E-state index is 11.4. The topological polar surface area (TPSA) is 74.5 Å². The maximum absolute atomic E-state index is 11.4. The van der Waals surface area contributed by atoms with Gasteiger partial charge >= 0.3 is 0 Å². The van der Waals surface area contributed by atoms with Gasteiger partial charge in [0.25, 0.3) is 0 Å². The first-order chi connectivity index (χ1) is 14.5. The van der Waals surface area contributed by atoms with Crippen molar-refractivity contribution in [2.24, 2.45) is 0 Å². The van der Waals surface area contributed by atoms with Gasteiger partial charge in [-0.05, 0) is 48.2 Å². The normalized spacial score (nSPS) is 18.6. The number of aromatic hydroxyl groups is 2. The molecule has 0 spiro atoms. The van der Waals surface area contributed by atoms with E-state index in [0.717, 1.165) is 46.5 Å². The molecule has 1 aromatic heterocycles. The van der Waals surface area contributed by atoms with E-state index in [1.54, 1.807) is 4.57 Å². The van der Waals surface area contributed by atoms with Crippen LogP contribution in [0.1, 0.15) is 40.5 Å². The van der Waals surface area contributed by atoms with Gasteiger partial charge in [0.05, 0.1) is 11.4 Å². The number of allylic oxidation sites excluding steroid dienone is 2. The van der Waals surface area contributed by atoms with Crippen LogP contribution in [0.2, 0.25) is 0 Å². The Kier molecular flexibility index (Phi) is 4.59. The van der Waals surface area contributed by atoms with Crippen LogP contribution in [-0.4, -0.2) is 26.4 Å². The second-order valence-electron chi connectivity index (χ2n) is 7.89. The summed E-state index contributed by atoms with van der Waals surface area (Å²) in [7, 11) is 0. The molecule has 0 fully saturated rings. The molecular weight excluding hydrogens is 396 g/mol. The lowest BCUT2D eigenvalue weighted by Crippen LogP contribution is -2.12. The maximum Gasteiger partial charge on any atom is 0.234 e. The molecule has 2 unspecified atom stereocenters. The van der Waals surface area contributed by atoms with Crippen LogP contribution < -0.4 is 5.32 Å². The minimum Gasteiger partial charge on any atom is -0.494 e. The zero-order chi connectivity index (χ0) is 20.8. The third kappa shape index (κ3) is 3.08. The Morgan fingerprint density at radius 2 is 1.47 bits per heavy atom. The molecule has 2 aliphatic carbocycles. The van der Waals surface area contributed by atoms with Gasteiger partial charge in [-0.15, -0.1) is 0 Å². The average Bonchev–Trinajstić information content (AvgIpc) is 3.44. The molecule has 2 bridgehead atoms. The highest BCUT2D eigenvalue weighted by Crippen LogP contribution is 2.57. The fourth-order valence-electron chi connectivity index (χ4n) is 4.59. The van der Waals surface area contributed by atoms with Gasteiger partial charge in [0.1, 0.15) is 0 Å². The van der Waals surface area contributed by atoms with Gasteiger partial charge in [-0.1, -0.05) is 36.4 Å². The van der Waals surface area contributed by atoms with Crippen molar-refractivity contribution in [3.8, 4) is 17.4 Å². The number of amides is 1. The van der Waals surface area contributed by atoms with Crippen molar-refractivity contribution in [3.05, 3.63) is 82.9 Å². The summed E-state index contributed by atoms with van der Waals surface area (Å²) in [5, 5.41) is 24.3. The van der Waals surface area contributed by atoms with Crippen molar-refractivity contribution in [2.75, 3.05) is 11.1 Å². The molecule has 1 heterocycles. The van der Waals surface area contributed by atoms with E-state index in [1.807, 2.05) is 48.5 Å². The van der Waals surface area contributed by atoms with E-state index in [0.29, 0.717) is 0 Å². The number of nitrogens with zero attached hydrogens (tertiary/aromatic N) is 1. The molecule has 3 aromatic rings. The van der Waals surface area contributed by atoms with Crippen LogP contribution in [0.15, 0.2) is 60.7 Å². The lowest BCUT2D eigenvalue weighted by Gasteiger charge is -2.11. The molecule has 3 N–H and O–H groups in total. The molecule has 1 amide bonds. The number of aromatic nitrogens is 1. The van der Waals surface area contributed by atoms with Gasteiger partial charge < -0.3 is 15.5 Å². The van der Waals surface area contributed by atoms with E-state index in [-0.39, 0.29) is 35.3 Å². The molecule has 0 saturated heterocycles. The molecule has 2 atom stereocenters. The third-order valence-electron chi connectivity index (χ3n) is 6.00. The Balaban J connectivity index is 1.34. The second-order valence-corrected chi connectivity index (χ2v) is 8.21. The van der Waals surface area contributed by atoms with Gasteiger partial charge in [-0.2, -0.15) is 12.6 Å². The highest BCUT2D eigenvalue weighted by Gasteiger charge is 2.41. The summed E-state index contributed by atoms with van der Waals surface area (Å²) in [6.07, 6.45) is 5.93. The van der Waals surface area contributed by atoms with Crippen molar-refractivity contribution in [1.82, 2.24) is 4.57 Å². The second kappa shape index (κ2) is 7.29. The summed E-state index contributed by atoms with van der Waals surface area (Å²) in [5.74, 6) is 0.722. The van der Waals surface area contributed by atoms with Crippen LogP contribution in [0.4, 0.5) is 5.69 Å². The summed E-state index contributed by atoms with van der Waals surface area (Å²) in [6, 6.07) is 15.6. The van der Waals surface area contributed by atoms with E-state index in [2.05, 4.69) is 30.1 Å². The van der Waals surface area contributed by atoms with E-state index in [1.165, 1.54) is 0 Å². The summed E-state index contributed by atoms with van der Waals surface area (Å²) in [4.78, 5) is 11.4. The predicted octanol–water partition coefficient (Wildman–Crippen LogP) is 4.49. The number of thiol groups is 1. The minimum absolute atomic E-state index is 0.132. The fraction of sp³-hybridized carbons (Fsp3) is 0.208. The van der Waals surface area contributed by atoms with Crippen LogP contribution in [0.3, 0.4) is 0 Å². The van der Waals surface area contributed by atoms with Crippen molar-refractivity contribution in [1.29, 1.82) is 0 Å². The Hall–Kier alpha value is -3.12. The van der Waals surface area contributed by atoms with Gasteiger partial charge in [-0.3, -0.25) is 9.36 Å². The summed E-state index contributed by atoms with van der Waals surface area (Å²) < 4.78 is 1.54. The van der Waals surface area contributed by atoms with E-state index in [9.17, 15) is 15.0 Å². The predicted molar refractivity (Wildman–Crippen MR) is 120 cm³/mol. The number of carbonyl (C=O) groups excluding carboxylic acids is 1. The molecule has 5 rings (SSSR count). The summed E-state index contributed by atoms with van der Waals surface area (Å²) >= 11 is 3.96. The lowest BCUT2D eigenvalue weighted by molar-refractivity contribution is -0.113. The quantitative estimate of drug-likeness (QED) is 0.364. The smallest absolute Gasteiger partial charge is 0.234 e. The fourth-order valence-corrected chi connectivity index (χ4v) is 4.67. The van der Waals surface area contributed by atoms with Crippen LogP contribution in [0.25, 0.3) is 5.69 Å². The molecule has 0 aliphatic heterocycles. The number of hydrogen-bond donors (Lipinski definition) is 4. The summed E-state index contributed by atoms with van der Waals surface area (Å²) in [5.41, 5.74) is 5.48. The SMILES string of the molecule is O=C(CS)Nc1ccc(Cc2ccc(-n3c(O)c4c(c3O)C3C=CC4C3)cc2)cc1. The first-order valence-electron chi connectivity index (χ1n) is 9.99. The average molecular weight is 419 g/mol. The van der Waals surface area contributed by atoms with Gasteiger partial charge in [0, 0.05) is 28.7 Å². The van der Waals surface area contributed by atoms with Gasteiger partial charge in [-0.25, -0.2) is 0 Å². The molecule has 30 heavy (non-hydrogen) atoms. The van der Waals surface area contributed by atoms with Crippen molar-refractivity contribution < 1.29 is 15.0 Å². The van der Waals surface area contributed by atoms with E-state index in [4.69, 9.17) is 0 Å². The molecule has 0 saturated carbocycles. The van der Waals surface area contributed by atoms with Crippen LogP contribution >= 0.6 is 12.6 Å². The number of benzene rings is 2. The molecule has 0 radical (unpaired) electrons. The Bertz CT molecular complexity index is 1110. The van der Waals surface area contributed by atoms with Crippen LogP contribution in [0, 0.1) is 0 Å². The first kappa shape index (κ1) is 18.9. The number of rotatable bonds is 5. The number of anilines is 1. The largest absolute Gasteiger partial charge is 0.494 e. The Labute approximate surface area is 180 Å². The van der Waals surface area contributed by atoms with Crippen molar-refractivity contribution in [3.63, 3.8) is 0 Å². The third-order valence-corrected chi connectivity index (χ3v) is 6.29. The Morgan fingerprint density at radius 1 is 0.933 bits per heavy atom. The van der Waals surface area contributed by atoms with Gasteiger partial charge in [0.2, 0.25) is 17.7 Å². The summed E-state index contributed by atoms with van der Waals surface area (Å²) in [6.45, 7) is 0. The number of nitrogens with one attached hydrogen (secondary N) is 1. The zero-order valence-corrected chi connectivity index (χ0v) is 17.1. The molecule has 5 nitrogen and oxygen atoms in total. The molecular formula is C24H22N2O3S. The standard InChI is InChI=1S/C24H22N2O3S/c27-20(13-30)25-18-7-1-14(2-8-18)11-15-3-9-19(10-4-15)26-23(28)21-16-5-6-17(12-16)22(21)24(26)29/h1-10,16-17,28-30H,11-13H2,(H,25,27). The van der Waals surface area contributed by atoms with Crippen LogP contribution in [-0.2, 0) is 11.2 Å². The number of fused-ring (bicyclic) bond motifs is 5. The highest BCUT2D eigenvalue weighted by atomic mass is 32.1. The molecule has 2 aliphatic rings. The molecule has 2 aromatic carbocycles. The zero-order valence-electron chi connectivity index (χ0n) is 16.2. The van der Waals surface area contributed by atoms with Crippen LogP contribution in [0.5, 0.6) is 11.8 Å². The Morgan fingerprint density at radius 3 is 2.00 bits per heavy atom. The lowest BCUT2D eigenvalue weighted by atomic mass is 10.0. The number of carbonyl (C=O) groups is 1. The highest BCUT2D eigenvalue weighted by molar-refractivity contribution is 7.81. The minimum atomic E-state index is -0.132. The van der Waals surface area contributed by atoms with Crippen molar-refractivity contribution in [2.45, 2.75) is 24.7 Å². The molecule has 152 valence electrons. The first-order valence-corrected chi connectivity index (χ1v) is 10.6. The van der Waals surface area contributed by atoms with E-state index < -0.39 is 0 Å². The van der Waals surface area contributed by atoms with Crippen molar-refractivity contribution >= 4 is 24.2 Å². The number of hydrogen-bond acceptors (Lipinski definition) is 4. The van der Waals surface area contributed by atoms with Gasteiger partial charge in [0.15, 0.2) is 0 Å².